The summed E-state index contributed by atoms with van der Waals surface area (Å²) in [5.41, 5.74) is 30.2. The van der Waals surface area contributed by atoms with Gasteiger partial charge >= 0.3 is 0 Å². The highest BCUT2D eigenvalue weighted by atomic mass is 19.1. The maximum absolute atomic E-state index is 13.7. The Bertz CT molecular complexity index is 3840. The fourth-order valence-electron chi connectivity index (χ4n) is 9.42. The number of aryl methyl sites for hydroxylation is 2. The molecule has 0 bridgehead atoms. The van der Waals surface area contributed by atoms with E-state index in [0.29, 0.717) is 76.2 Å². The van der Waals surface area contributed by atoms with Crippen molar-refractivity contribution < 1.29 is 88.7 Å². The van der Waals surface area contributed by atoms with Gasteiger partial charge in [0.1, 0.15) is 49.1 Å². The molecule has 0 aliphatic heterocycles. The van der Waals surface area contributed by atoms with Crippen LogP contribution in [0.5, 0.6) is 23.0 Å². The molecule has 0 radical (unpaired) electrons. The van der Waals surface area contributed by atoms with Gasteiger partial charge in [-0.3, -0.25) is 48.3 Å². The van der Waals surface area contributed by atoms with E-state index in [4.69, 9.17) is 56.9 Å². The van der Waals surface area contributed by atoms with Gasteiger partial charge in [0, 0.05) is 66.3 Å². The minimum atomic E-state index is -1.03. The Balaban J connectivity index is 0.000000375. The van der Waals surface area contributed by atoms with Gasteiger partial charge in [-0.05, 0) is 211 Å². The lowest BCUT2D eigenvalue weighted by Crippen LogP contribution is -2.51. The fraction of sp³-hybridized carbons (Fsp3) is 0.453. The second-order valence-corrected chi connectivity index (χ2v) is 25.1. The Kier molecular flexibility index (Phi) is 42.0. The molecule has 4 amide bonds. The molecule has 0 saturated heterocycles. The molecule has 108 heavy (non-hydrogen) atoms. The van der Waals surface area contributed by atoms with Crippen molar-refractivity contribution >= 4 is 52.4 Å². The molecule has 3 heterocycles. The Morgan fingerprint density at radius 2 is 0.880 bits per heavy atom. The van der Waals surface area contributed by atoms with Crippen molar-refractivity contribution in [1.29, 1.82) is 0 Å². The lowest BCUT2D eigenvalue weighted by molar-refractivity contribution is -0.142. The summed E-state index contributed by atoms with van der Waals surface area (Å²) < 4.78 is 99.7. The number of aromatic nitrogens is 3. The highest BCUT2D eigenvalue weighted by Crippen LogP contribution is 2.24. The van der Waals surface area contributed by atoms with Gasteiger partial charge in [-0.1, -0.05) is 29.4 Å². The molecule has 0 saturated carbocycles. The minimum Gasteiger partial charge on any atom is -0.486 e. The van der Waals surface area contributed by atoms with Crippen molar-refractivity contribution in [2.45, 2.75) is 154 Å². The molecular formula is C75H99F5N14O14. The van der Waals surface area contributed by atoms with E-state index >= 15 is 0 Å². The maximum Gasteiger partial charge on any atom is 0.256 e. The van der Waals surface area contributed by atoms with Crippen molar-refractivity contribution in [3.05, 3.63) is 178 Å². The normalized spacial score (nSPS) is 12.0. The lowest BCUT2D eigenvalue weighted by Gasteiger charge is -2.25. The molecule has 588 valence electrons. The number of halogens is 5. The number of amides is 4. The molecule has 6 rings (SSSR count). The minimum absolute atomic E-state index is 0.121. The van der Waals surface area contributed by atoms with E-state index in [1.807, 2.05) is 13.8 Å². The van der Waals surface area contributed by atoms with E-state index in [1.54, 1.807) is 58.2 Å². The molecule has 3 aromatic heterocycles. The molecule has 4 atom stereocenters. The second kappa shape index (κ2) is 49.5. The number of nitrogens with one attached hydrogen (secondary N) is 4. The molecule has 28 nitrogen and oxygen atoms in total. The van der Waals surface area contributed by atoms with E-state index < -0.39 is 113 Å². The van der Waals surface area contributed by atoms with Crippen molar-refractivity contribution in [2.24, 2.45) is 28.0 Å². The number of para-hydroxylation sites is 2. The summed E-state index contributed by atoms with van der Waals surface area (Å²) in [5, 5.41) is 14.0. The number of ketones is 4. The summed E-state index contributed by atoms with van der Waals surface area (Å²) in [4.78, 5) is 114. The number of hydrogen-bond donors (Lipinski definition) is 8. The molecule has 0 aliphatic rings. The molecule has 33 heteroatoms. The van der Waals surface area contributed by atoms with Crippen molar-refractivity contribution in [1.82, 2.24) is 36.2 Å². The summed E-state index contributed by atoms with van der Waals surface area (Å²) in [6.07, 6.45) is 11.2. The number of Topliss-reactive ketones (excluding diaryl/α,β-unsaturated/α-hetero) is 4. The number of unbranched alkanes of at least 4 members (excludes halogenated alkanes) is 4. The van der Waals surface area contributed by atoms with Gasteiger partial charge in [-0.15, -0.1) is 0 Å². The van der Waals surface area contributed by atoms with Crippen LogP contribution in [0.4, 0.5) is 27.6 Å². The summed E-state index contributed by atoms with van der Waals surface area (Å²) in [6, 6.07) is 18.7. The van der Waals surface area contributed by atoms with Gasteiger partial charge in [0.25, 0.3) is 23.6 Å². The Hall–Kier alpha value is -10.4. The van der Waals surface area contributed by atoms with Gasteiger partial charge in [0.05, 0.1) is 35.9 Å². The predicted molar refractivity (Wildman–Crippen MR) is 392 cm³/mol. The number of nitrogens with zero attached hydrogens (tertiary/aromatic N) is 6. The summed E-state index contributed by atoms with van der Waals surface area (Å²) in [7, 11) is 2.92. The number of carbonyl (C=O) groups excluding carboxylic acids is 8. The highest BCUT2D eigenvalue weighted by molar-refractivity contribution is 5.99. The number of pyridine rings is 3. The molecule has 3 aromatic carbocycles. The van der Waals surface area contributed by atoms with Gasteiger partial charge < -0.3 is 72.6 Å². The Labute approximate surface area is 624 Å². The first-order valence-electron chi connectivity index (χ1n) is 34.7. The van der Waals surface area contributed by atoms with Gasteiger partial charge in [-0.25, -0.2) is 22.5 Å². The lowest BCUT2D eigenvalue weighted by atomic mass is 10.0. The predicted octanol–water partition coefficient (Wildman–Crippen LogP) is 8.91. The zero-order valence-electron chi connectivity index (χ0n) is 62.0. The zero-order chi connectivity index (χ0) is 80.2. The third-order valence-corrected chi connectivity index (χ3v) is 16.0. The van der Waals surface area contributed by atoms with Crippen LogP contribution in [0.2, 0.25) is 0 Å². The standard InChI is InChI=1S/C20H21F2N5O3.C19H20F3N3O3.C19H31N3O4.C17H27N3O4/c21-15-7-4-8-16(22)19(15)30-12-18(28)17(9-1-2-10-23)25-20(29)13-5-3-6-14(11-13)26-27-24;20-13-6-3-7-14(21)17(13)28-11-16(26)15(8-1-2-9-23)25-19(27)12-5-4-10-24-18(12)22;1-13-10-15(11-14(2)21-13)26-12-17(23)16(8-6-7-9-20)22-18(24)19(3,4)25-5;1-17(2,23-3)16(22)20-14(8-4-5-9-18)15(21)12-24-13-7-6-10-19-11-13/h3-8,11,17H,1-2,9-10,12,23H2,(H,25,29);3-7,10,15H,1-2,8-9,11,23H2,(H,25,27);10-11,16H,6-9,12,20H2,1-5H3,(H,22,24);6-7,10-11,14H,4-5,8-9,12,18H2,1-3H3,(H,20,22). The van der Waals surface area contributed by atoms with Crippen LogP contribution in [0.3, 0.4) is 0 Å². The molecule has 12 N–H and O–H groups in total. The van der Waals surface area contributed by atoms with Crippen LogP contribution in [-0.4, -0.2) is 164 Å². The van der Waals surface area contributed by atoms with E-state index in [9.17, 15) is 60.3 Å². The van der Waals surface area contributed by atoms with Gasteiger partial charge in [0.15, 0.2) is 57.9 Å². The van der Waals surface area contributed by atoms with E-state index in [0.717, 1.165) is 67.4 Å². The van der Waals surface area contributed by atoms with Crippen LogP contribution >= 0.6 is 0 Å². The fourth-order valence-corrected chi connectivity index (χ4v) is 9.42. The monoisotopic (exact) mass is 1510 g/mol. The number of methoxy groups -OCH3 is 2. The largest absolute Gasteiger partial charge is 0.486 e. The molecule has 6 aromatic rings. The highest BCUT2D eigenvalue weighted by Gasteiger charge is 2.33. The summed E-state index contributed by atoms with van der Waals surface area (Å²) >= 11 is 0. The topological polar surface area (TPSA) is 432 Å². The average Bonchev–Trinajstić information content (AvgIpc) is 0.877. The number of rotatable bonds is 43. The van der Waals surface area contributed by atoms with Crippen LogP contribution < -0.4 is 63.1 Å². The number of nitrogens with two attached hydrogens (primary N) is 4. The first kappa shape index (κ1) is 91.8. The maximum atomic E-state index is 13.7. The van der Waals surface area contributed by atoms with Crippen molar-refractivity contribution in [3.8, 4) is 23.0 Å². The van der Waals surface area contributed by atoms with Crippen LogP contribution in [0.25, 0.3) is 10.4 Å². The summed E-state index contributed by atoms with van der Waals surface area (Å²) in [5.74, 6) is -8.56. The van der Waals surface area contributed by atoms with Crippen molar-refractivity contribution in [3.63, 3.8) is 0 Å². The number of azide groups is 1. The molecular weight excluding hydrogens is 1420 g/mol. The second-order valence-electron chi connectivity index (χ2n) is 25.1. The molecule has 0 aliphatic carbocycles. The molecule has 4 unspecified atom stereocenters. The third kappa shape index (κ3) is 33.6. The number of benzene rings is 3. The van der Waals surface area contributed by atoms with Crippen LogP contribution in [0.15, 0.2) is 121 Å². The first-order valence-corrected chi connectivity index (χ1v) is 34.7. The zero-order valence-corrected chi connectivity index (χ0v) is 62.0. The van der Waals surface area contributed by atoms with E-state index in [1.165, 1.54) is 69.1 Å². The van der Waals surface area contributed by atoms with Crippen LogP contribution in [-0.2, 0) is 38.2 Å². The number of ether oxygens (including phenoxy) is 6. The van der Waals surface area contributed by atoms with Crippen molar-refractivity contribution in [2.75, 3.05) is 66.8 Å². The van der Waals surface area contributed by atoms with E-state index in [-0.39, 0.29) is 66.3 Å². The average molecular weight is 1520 g/mol. The Morgan fingerprint density at radius 3 is 1.27 bits per heavy atom. The third-order valence-electron chi connectivity index (χ3n) is 16.0. The Morgan fingerprint density at radius 1 is 0.491 bits per heavy atom. The van der Waals surface area contributed by atoms with Gasteiger partial charge in [-0.2, -0.15) is 4.39 Å². The van der Waals surface area contributed by atoms with Crippen LogP contribution in [0, 0.1) is 43.1 Å². The van der Waals surface area contributed by atoms with E-state index in [2.05, 4.69) is 46.2 Å². The van der Waals surface area contributed by atoms with Gasteiger partial charge in [0.2, 0.25) is 5.95 Å². The first-order chi connectivity index (χ1) is 51.5. The molecule has 0 fully saturated rings. The number of hydrogen-bond acceptors (Lipinski definition) is 22. The van der Waals surface area contributed by atoms with Crippen LogP contribution in [0.1, 0.15) is 137 Å². The quantitative estimate of drug-likeness (QED) is 0.00442. The smallest absolute Gasteiger partial charge is 0.256 e. The SMILES string of the molecule is COC(C)(C)C(=O)NC(CCCCN)C(=O)COc1cc(C)nc(C)c1.COC(C)(C)C(=O)NC(CCCCN)C(=O)COc1cccnc1.NCCCCC(NC(=O)c1cccnc1F)C(=O)COc1c(F)cccc1F.[N-]=[N+]=Nc1cccc(C(=O)NC(CCCCN)C(=O)COc2c(F)cccc2F)c1. The number of carbonyl (C=O) groups is 8. The molecule has 0 spiro atoms. The summed E-state index contributed by atoms with van der Waals surface area (Å²) in [6.45, 7) is 10.7.